The maximum absolute atomic E-state index is 13.6. The molecule has 0 atom stereocenters. The molecule has 0 amide bonds. The predicted octanol–water partition coefficient (Wildman–Crippen LogP) is 4.02. The molecule has 112 valence electrons. The summed E-state index contributed by atoms with van der Waals surface area (Å²) in [5.41, 5.74) is 0.571. The second-order valence-corrected chi connectivity index (χ2v) is 4.55. The summed E-state index contributed by atoms with van der Waals surface area (Å²) in [6.45, 7) is 3.35. The Kier molecular flexibility index (Phi) is 4.57. The highest BCUT2D eigenvalue weighted by Crippen LogP contribution is 2.33. The molecule has 0 aliphatic rings. The van der Waals surface area contributed by atoms with Crippen LogP contribution in [0.4, 0.5) is 17.6 Å². The van der Waals surface area contributed by atoms with Crippen molar-refractivity contribution in [3.05, 3.63) is 53.6 Å². The van der Waals surface area contributed by atoms with Gasteiger partial charge in [-0.2, -0.15) is 13.2 Å². The number of benzene rings is 1. The molecule has 1 N–H and O–H groups in total. The van der Waals surface area contributed by atoms with Crippen molar-refractivity contribution in [3.8, 4) is 11.1 Å². The molecule has 0 saturated heterocycles. The Morgan fingerprint density at radius 3 is 2.48 bits per heavy atom. The van der Waals surface area contributed by atoms with E-state index in [0.29, 0.717) is 17.7 Å². The van der Waals surface area contributed by atoms with Gasteiger partial charge < -0.3 is 5.32 Å². The van der Waals surface area contributed by atoms with E-state index in [-0.39, 0.29) is 0 Å². The van der Waals surface area contributed by atoms with Crippen molar-refractivity contribution in [2.75, 3.05) is 6.54 Å². The van der Waals surface area contributed by atoms with Gasteiger partial charge in [0.25, 0.3) is 0 Å². The first kappa shape index (κ1) is 15.4. The standard InChI is InChI=1S/C15H14F4N2/c1-2-20-7-10-5-12(9-21-8-10)11-3-4-13(14(16)6-11)15(17,18)19/h3-6,8-9,20H,2,7H2,1H3. The smallest absolute Gasteiger partial charge is 0.313 e. The minimum atomic E-state index is -4.69. The van der Waals surface area contributed by atoms with Crippen LogP contribution in [-0.4, -0.2) is 11.5 Å². The second kappa shape index (κ2) is 6.22. The summed E-state index contributed by atoms with van der Waals surface area (Å²) in [7, 11) is 0. The minimum absolute atomic E-state index is 0.367. The average Bonchev–Trinajstić information content (AvgIpc) is 2.44. The van der Waals surface area contributed by atoms with Crippen molar-refractivity contribution in [3.63, 3.8) is 0 Å². The van der Waals surface area contributed by atoms with Crippen LogP contribution in [0.25, 0.3) is 11.1 Å². The van der Waals surface area contributed by atoms with Crippen LogP contribution in [-0.2, 0) is 12.7 Å². The third-order valence-electron chi connectivity index (χ3n) is 2.98. The lowest BCUT2D eigenvalue weighted by atomic mass is 10.0. The first-order valence-corrected chi connectivity index (χ1v) is 6.43. The molecule has 0 saturated carbocycles. The summed E-state index contributed by atoms with van der Waals surface area (Å²) in [5.74, 6) is -1.28. The Balaban J connectivity index is 2.32. The average molecular weight is 298 g/mol. The van der Waals surface area contributed by atoms with E-state index in [0.717, 1.165) is 24.2 Å². The highest BCUT2D eigenvalue weighted by molar-refractivity contribution is 5.63. The quantitative estimate of drug-likeness (QED) is 0.863. The first-order chi connectivity index (χ1) is 9.91. The molecule has 1 aromatic heterocycles. The van der Waals surface area contributed by atoms with Gasteiger partial charge in [-0.25, -0.2) is 4.39 Å². The number of nitrogens with one attached hydrogen (secondary N) is 1. The summed E-state index contributed by atoms with van der Waals surface area (Å²) in [6.07, 6.45) is -1.53. The van der Waals surface area contributed by atoms with E-state index in [1.807, 2.05) is 6.92 Å². The topological polar surface area (TPSA) is 24.9 Å². The largest absolute Gasteiger partial charge is 0.419 e. The number of halogens is 4. The molecule has 0 fully saturated rings. The molecule has 0 aliphatic heterocycles. The Hall–Kier alpha value is -1.95. The van der Waals surface area contributed by atoms with E-state index >= 15 is 0 Å². The van der Waals surface area contributed by atoms with Gasteiger partial charge in [0, 0.05) is 24.5 Å². The third-order valence-corrected chi connectivity index (χ3v) is 2.98. The van der Waals surface area contributed by atoms with Gasteiger partial charge in [0.15, 0.2) is 0 Å². The first-order valence-electron chi connectivity index (χ1n) is 6.43. The van der Waals surface area contributed by atoms with Gasteiger partial charge in [-0.1, -0.05) is 13.0 Å². The van der Waals surface area contributed by atoms with E-state index in [1.54, 1.807) is 12.3 Å². The fraction of sp³-hybridized carbons (Fsp3) is 0.267. The summed E-state index contributed by atoms with van der Waals surface area (Å²) in [5, 5.41) is 3.12. The van der Waals surface area contributed by atoms with Gasteiger partial charge >= 0.3 is 6.18 Å². The Bertz CT molecular complexity index is 623. The van der Waals surface area contributed by atoms with Crippen LogP contribution < -0.4 is 5.32 Å². The highest BCUT2D eigenvalue weighted by Gasteiger charge is 2.33. The lowest BCUT2D eigenvalue weighted by Crippen LogP contribution is -2.11. The zero-order chi connectivity index (χ0) is 15.5. The molecular weight excluding hydrogens is 284 g/mol. The van der Waals surface area contributed by atoms with Crippen LogP contribution in [0.2, 0.25) is 0 Å². The molecule has 0 spiro atoms. The number of nitrogens with zero attached hydrogens (tertiary/aromatic N) is 1. The van der Waals surface area contributed by atoms with Crippen LogP contribution in [0.1, 0.15) is 18.1 Å². The summed E-state index contributed by atoms with van der Waals surface area (Å²) < 4.78 is 51.2. The normalized spacial score (nSPS) is 11.7. The fourth-order valence-corrected chi connectivity index (χ4v) is 1.94. The second-order valence-electron chi connectivity index (χ2n) is 4.55. The fourth-order valence-electron chi connectivity index (χ4n) is 1.94. The monoisotopic (exact) mass is 298 g/mol. The maximum atomic E-state index is 13.6. The van der Waals surface area contributed by atoms with Gasteiger partial charge in [-0.15, -0.1) is 0 Å². The van der Waals surface area contributed by atoms with Gasteiger partial charge in [-0.3, -0.25) is 4.98 Å². The number of hydrogen-bond donors (Lipinski definition) is 1. The molecular formula is C15H14F4N2. The van der Waals surface area contributed by atoms with Crippen molar-refractivity contribution in [2.45, 2.75) is 19.6 Å². The van der Waals surface area contributed by atoms with Crippen molar-refractivity contribution < 1.29 is 17.6 Å². The Morgan fingerprint density at radius 2 is 1.86 bits per heavy atom. The molecule has 0 unspecified atom stereocenters. The van der Waals surface area contributed by atoms with E-state index in [4.69, 9.17) is 0 Å². The lowest BCUT2D eigenvalue weighted by Gasteiger charge is -2.10. The van der Waals surface area contributed by atoms with E-state index < -0.39 is 17.6 Å². The summed E-state index contributed by atoms with van der Waals surface area (Å²) >= 11 is 0. The van der Waals surface area contributed by atoms with Crippen LogP contribution in [0, 0.1) is 5.82 Å². The molecule has 0 radical (unpaired) electrons. The van der Waals surface area contributed by atoms with E-state index in [9.17, 15) is 17.6 Å². The number of rotatable bonds is 4. The lowest BCUT2D eigenvalue weighted by molar-refractivity contribution is -0.139. The molecule has 2 aromatic rings. The predicted molar refractivity (Wildman–Crippen MR) is 72.0 cm³/mol. The Morgan fingerprint density at radius 1 is 1.10 bits per heavy atom. The molecule has 0 aliphatic carbocycles. The summed E-state index contributed by atoms with van der Waals surface area (Å²) in [6, 6.07) is 4.66. The molecule has 2 nitrogen and oxygen atoms in total. The van der Waals surface area contributed by atoms with Crippen molar-refractivity contribution in [2.24, 2.45) is 0 Å². The van der Waals surface area contributed by atoms with Gasteiger partial charge in [0.1, 0.15) is 5.82 Å². The van der Waals surface area contributed by atoms with Gasteiger partial charge in [0.05, 0.1) is 5.56 Å². The number of aromatic nitrogens is 1. The van der Waals surface area contributed by atoms with E-state index in [1.165, 1.54) is 12.3 Å². The van der Waals surface area contributed by atoms with Gasteiger partial charge in [-0.05, 0) is 35.9 Å². The van der Waals surface area contributed by atoms with Crippen molar-refractivity contribution >= 4 is 0 Å². The summed E-state index contributed by atoms with van der Waals surface area (Å²) in [4.78, 5) is 4.03. The van der Waals surface area contributed by atoms with Crippen molar-refractivity contribution in [1.29, 1.82) is 0 Å². The van der Waals surface area contributed by atoms with Gasteiger partial charge in [0.2, 0.25) is 0 Å². The number of alkyl halides is 3. The van der Waals surface area contributed by atoms with Crippen LogP contribution in [0.15, 0.2) is 36.7 Å². The Labute approximate surface area is 119 Å². The zero-order valence-corrected chi connectivity index (χ0v) is 11.3. The molecule has 0 bridgehead atoms. The molecule has 1 aromatic carbocycles. The molecule has 6 heteroatoms. The molecule has 2 rings (SSSR count). The maximum Gasteiger partial charge on any atom is 0.419 e. The van der Waals surface area contributed by atoms with E-state index in [2.05, 4.69) is 10.3 Å². The third kappa shape index (κ3) is 3.78. The molecule has 1 heterocycles. The van der Waals surface area contributed by atoms with Crippen LogP contribution in [0.3, 0.4) is 0 Å². The minimum Gasteiger partial charge on any atom is -0.313 e. The SMILES string of the molecule is CCNCc1cncc(-c2ccc(C(F)(F)F)c(F)c2)c1. The van der Waals surface area contributed by atoms with Crippen LogP contribution in [0.5, 0.6) is 0 Å². The number of hydrogen-bond acceptors (Lipinski definition) is 2. The zero-order valence-electron chi connectivity index (χ0n) is 11.3. The highest BCUT2D eigenvalue weighted by atomic mass is 19.4. The van der Waals surface area contributed by atoms with Crippen LogP contribution >= 0.6 is 0 Å². The molecule has 21 heavy (non-hydrogen) atoms. The number of pyridine rings is 1. The van der Waals surface area contributed by atoms with Crippen molar-refractivity contribution in [1.82, 2.24) is 10.3 Å².